The number of hydrogen-bond donors (Lipinski definition) is 1. The van der Waals surface area contributed by atoms with Crippen LogP contribution in [0.3, 0.4) is 0 Å². The Hall–Kier alpha value is -0.640. The van der Waals surface area contributed by atoms with Gasteiger partial charge in [-0.1, -0.05) is 17.7 Å². The molecule has 16 heavy (non-hydrogen) atoms. The van der Waals surface area contributed by atoms with Gasteiger partial charge in [0, 0.05) is 24.8 Å². The summed E-state index contributed by atoms with van der Waals surface area (Å²) in [4.78, 5) is 0. The van der Waals surface area contributed by atoms with Gasteiger partial charge < -0.3 is 10.1 Å². The van der Waals surface area contributed by atoms with Crippen LogP contribution < -0.4 is 5.32 Å². The Morgan fingerprint density at radius 1 is 1.50 bits per heavy atom. The van der Waals surface area contributed by atoms with Crippen molar-refractivity contribution in [1.29, 1.82) is 0 Å². The van der Waals surface area contributed by atoms with Crippen LogP contribution in [0.1, 0.15) is 12.0 Å². The number of rotatable bonds is 6. The number of methoxy groups -OCH3 is 1. The molecule has 1 aromatic rings. The number of benzene rings is 1. The van der Waals surface area contributed by atoms with Gasteiger partial charge in [-0.05, 0) is 37.6 Å². The lowest BCUT2D eigenvalue weighted by molar-refractivity contribution is 0.184. The van der Waals surface area contributed by atoms with Crippen molar-refractivity contribution in [2.45, 2.75) is 18.9 Å². The Kier molecular flexibility index (Phi) is 5.74. The van der Waals surface area contributed by atoms with E-state index < -0.39 is 0 Å². The van der Waals surface area contributed by atoms with E-state index >= 15 is 0 Å². The summed E-state index contributed by atoms with van der Waals surface area (Å²) in [5.74, 6) is -0.299. The van der Waals surface area contributed by atoms with Crippen molar-refractivity contribution in [3.05, 3.63) is 34.6 Å². The molecule has 0 aromatic heterocycles. The number of ether oxygens (including phenoxy) is 1. The maximum absolute atomic E-state index is 12.8. The summed E-state index contributed by atoms with van der Waals surface area (Å²) in [6.45, 7) is 0.699. The third-order valence-electron chi connectivity index (χ3n) is 2.56. The second-order valence-electron chi connectivity index (χ2n) is 3.71. The van der Waals surface area contributed by atoms with Crippen LogP contribution in [0.5, 0.6) is 0 Å². The third kappa shape index (κ3) is 4.08. The first-order chi connectivity index (χ1) is 7.67. The Bertz CT molecular complexity index is 333. The summed E-state index contributed by atoms with van der Waals surface area (Å²) in [6, 6.07) is 4.81. The lowest BCUT2D eigenvalue weighted by Gasteiger charge is -2.16. The fraction of sp³-hybridized carbons (Fsp3) is 0.500. The quantitative estimate of drug-likeness (QED) is 0.832. The van der Waals surface area contributed by atoms with Crippen LogP contribution in [0.2, 0.25) is 5.02 Å². The van der Waals surface area contributed by atoms with Crippen LogP contribution in [-0.2, 0) is 11.2 Å². The van der Waals surface area contributed by atoms with Crippen LogP contribution in [0, 0.1) is 5.82 Å². The first-order valence-electron chi connectivity index (χ1n) is 5.27. The monoisotopic (exact) mass is 245 g/mol. The van der Waals surface area contributed by atoms with Crippen LogP contribution in [0.25, 0.3) is 0 Å². The summed E-state index contributed by atoms with van der Waals surface area (Å²) in [5, 5.41) is 3.68. The SMILES string of the molecule is CNC(CCOC)Cc1ccc(F)cc1Cl. The lowest BCUT2D eigenvalue weighted by Crippen LogP contribution is -2.29. The van der Waals surface area contributed by atoms with Crippen molar-refractivity contribution >= 4 is 11.6 Å². The molecule has 0 saturated carbocycles. The van der Waals surface area contributed by atoms with E-state index in [-0.39, 0.29) is 5.82 Å². The highest BCUT2D eigenvalue weighted by atomic mass is 35.5. The van der Waals surface area contributed by atoms with Crippen LogP contribution >= 0.6 is 11.6 Å². The molecule has 0 saturated heterocycles. The summed E-state index contributed by atoms with van der Waals surface area (Å²) >= 11 is 5.97. The largest absolute Gasteiger partial charge is 0.385 e. The van der Waals surface area contributed by atoms with E-state index in [1.807, 2.05) is 7.05 Å². The van der Waals surface area contributed by atoms with Gasteiger partial charge in [0.25, 0.3) is 0 Å². The van der Waals surface area contributed by atoms with E-state index in [1.165, 1.54) is 12.1 Å². The number of halogens is 2. The molecule has 0 spiro atoms. The molecule has 90 valence electrons. The van der Waals surface area contributed by atoms with E-state index in [2.05, 4.69) is 5.32 Å². The second-order valence-corrected chi connectivity index (χ2v) is 4.11. The predicted molar refractivity (Wildman–Crippen MR) is 64.5 cm³/mol. The molecule has 0 radical (unpaired) electrons. The molecule has 1 aromatic carbocycles. The predicted octanol–water partition coefficient (Wildman–Crippen LogP) is 2.65. The lowest BCUT2D eigenvalue weighted by atomic mass is 10.0. The van der Waals surface area contributed by atoms with Gasteiger partial charge in [0.1, 0.15) is 5.82 Å². The smallest absolute Gasteiger partial charge is 0.124 e. The van der Waals surface area contributed by atoms with Gasteiger partial charge in [-0.25, -0.2) is 4.39 Å². The van der Waals surface area contributed by atoms with Crippen molar-refractivity contribution in [1.82, 2.24) is 5.32 Å². The molecule has 0 bridgehead atoms. The topological polar surface area (TPSA) is 21.3 Å². The van der Waals surface area contributed by atoms with Gasteiger partial charge in [-0.15, -0.1) is 0 Å². The molecule has 1 N–H and O–H groups in total. The molecular weight excluding hydrogens is 229 g/mol. The van der Waals surface area contributed by atoms with Crippen molar-refractivity contribution in [2.24, 2.45) is 0 Å². The molecule has 0 aliphatic heterocycles. The van der Waals surface area contributed by atoms with E-state index in [9.17, 15) is 4.39 Å². The zero-order valence-corrected chi connectivity index (χ0v) is 10.4. The maximum atomic E-state index is 12.8. The molecule has 2 nitrogen and oxygen atoms in total. The van der Waals surface area contributed by atoms with Crippen LogP contribution in [0.15, 0.2) is 18.2 Å². The standard InChI is InChI=1S/C12H17ClFNO/c1-15-11(5-6-16-2)7-9-3-4-10(14)8-12(9)13/h3-4,8,11,15H,5-7H2,1-2H3. The minimum atomic E-state index is -0.299. The average molecular weight is 246 g/mol. The molecule has 1 rings (SSSR count). The van der Waals surface area contributed by atoms with Crippen molar-refractivity contribution in [2.75, 3.05) is 20.8 Å². The molecule has 1 unspecified atom stereocenters. The van der Waals surface area contributed by atoms with Gasteiger partial charge >= 0.3 is 0 Å². The Morgan fingerprint density at radius 3 is 2.81 bits per heavy atom. The first kappa shape index (κ1) is 13.4. The van der Waals surface area contributed by atoms with E-state index in [4.69, 9.17) is 16.3 Å². The molecular formula is C12H17ClFNO. The Morgan fingerprint density at radius 2 is 2.25 bits per heavy atom. The fourth-order valence-electron chi connectivity index (χ4n) is 1.56. The summed E-state index contributed by atoms with van der Waals surface area (Å²) < 4.78 is 17.9. The zero-order chi connectivity index (χ0) is 12.0. The zero-order valence-electron chi connectivity index (χ0n) is 9.59. The Balaban J connectivity index is 2.62. The molecule has 0 fully saturated rings. The highest BCUT2D eigenvalue weighted by molar-refractivity contribution is 6.31. The van der Waals surface area contributed by atoms with Crippen molar-refractivity contribution < 1.29 is 9.13 Å². The highest BCUT2D eigenvalue weighted by Crippen LogP contribution is 2.19. The van der Waals surface area contributed by atoms with E-state index in [1.54, 1.807) is 13.2 Å². The van der Waals surface area contributed by atoms with Crippen LogP contribution in [-0.4, -0.2) is 26.8 Å². The van der Waals surface area contributed by atoms with Gasteiger partial charge in [-0.3, -0.25) is 0 Å². The molecule has 0 aliphatic carbocycles. The first-order valence-corrected chi connectivity index (χ1v) is 5.65. The number of likely N-dealkylation sites (N-methyl/N-ethyl adjacent to an activating group) is 1. The Labute approximate surface area is 101 Å². The van der Waals surface area contributed by atoms with Gasteiger partial charge in [0.15, 0.2) is 0 Å². The maximum Gasteiger partial charge on any atom is 0.124 e. The normalized spacial score (nSPS) is 12.8. The molecule has 0 heterocycles. The van der Waals surface area contributed by atoms with Crippen molar-refractivity contribution in [3.63, 3.8) is 0 Å². The number of hydrogen-bond acceptors (Lipinski definition) is 2. The summed E-state index contributed by atoms with van der Waals surface area (Å²) in [6.07, 6.45) is 1.68. The minimum Gasteiger partial charge on any atom is -0.385 e. The summed E-state index contributed by atoms with van der Waals surface area (Å²) in [5.41, 5.74) is 0.957. The minimum absolute atomic E-state index is 0.294. The fourth-order valence-corrected chi connectivity index (χ4v) is 1.81. The molecule has 4 heteroatoms. The average Bonchev–Trinajstić information content (AvgIpc) is 2.27. The third-order valence-corrected chi connectivity index (χ3v) is 2.91. The van der Waals surface area contributed by atoms with E-state index in [0.717, 1.165) is 18.4 Å². The molecule has 0 aliphatic rings. The number of nitrogens with one attached hydrogen (secondary N) is 1. The van der Waals surface area contributed by atoms with Gasteiger partial charge in [0.2, 0.25) is 0 Å². The van der Waals surface area contributed by atoms with Crippen molar-refractivity contribution in [3.8, 4) is 0 Å². The highest BCUT2D eigenvalue weighted by Gasteiger charge is 2.10. The van der Waals surface area contributed by atoms with Gasteiger partial charge in [0.05, 0.1) is 0 Å². The second kappa shape index (κ2) is 6.84. The van der Waals surface area contributed by atoms with Crippen LogP contribution in [0.4, 0.5) is 4.39 Å². The molecule has 0 amide bonds. The van der Waals surface area contributed by atoms with E-state index in [0.29, 0.717) is 17.7 Å². The summed E-state index contributed by atoms with van der Waals surface area (Å²) in [7, 11) is 3.58. The van der Waals surface area contributed by atoms with Gasteiger partial charge in [-0.2, -0.15) is 0 Å². The molecule has 1 atom stereocenters.